The molecule has 0 aromatic carbocycles. The summed E-state index contributed by atoms with van der Waals surface area (Å²) in [6.07, 6.45) is 9.78. The van der Waals surface area contributed by atoms with E-state index >= 15 is 0 Å². The van der Waals surface area contributed by atoms with E-state index in [-0.39, 0.29) is 0 Å². The van der Waals surface area contributed by atoms with E-state index < -0.39 is 0 Å². The van der Waals surface area contributed by atoms with Gasteiger partial charge in [0, 0.05) is 6.04 Å². The van der Waals surface area contributed by atoms with Gasteiger partial charge in [0.1, 0.15) is 0 Å². The highest BCUT2D eigenvalue weighted by Crippen LogP contribution is 2.28. The number of rotatable bonds is 7. The fourth-order valence-electron chi connectivity index (χ4n) is 3.13. The first-order valence-corrected chi connectivity index (χ1v) is 7.89. The van der Waals surface area contributed by atoms with E-state index in [1.54, 1.807) is 0 Å². The van der Waals surface area contributed by atoms with Crippen molar-refractivity contribution in [3.8, 4) is 0 Å². The first-order chi connectivity index (χ1) is 8.15. The summed E-state index contributed by atoms with van der Waals surface area (Å²) < 4.78 is 0. The molecule has 0 aromatic heterocycles. The molecular weight excluding hydrogens is 206 g/mol. The predicted octanol–water partition coefficient (Wildman–Crippen LogP) is 4.62. The lowest BCUT2D eigenvalue weighted by Crippen LogP contribution is -2.35. The molecule has 102 valence electrons. The van der Waals surface area contributed by atoms with Crippen molar-refractivity contribution < 1.29 is 0 Å². The summed E-state index contributed by atoms with van der Waals surface area (Å²) in [5, 5.41) is 3.82. The van der Waals surface area contributed by atoms with Crippen molar-refractivity contribution in [2.24, 2.45) is 17.8 Å². The summed E-state index contributed by atoms with van der Waals surface area (Å²) in [7, 11) is 0. The van der Waals surface area contributed by atoms with Crippen molar-refractivity contribution in [2.75, 3.05) is 6.54 Å². The lowest BCUT2D eigenvalue weighted by atomic mass is 9.82. The Bertz CT molecular complexity index is 190. The van der Waals surface area contributed by atoms with Gasteiger partial charge in [-0.05, 0) is 50.0 Å². The molecule has 17 heavy (non-hydrogen) atoms. The lowest BCUT2D eigenvalue weighted by Gasteiger charge is -2.29. The summed E-state index contributed by atoms with van der Waals surface area (Å²) in [5.74, 6) is 2.78. The Morgan fingerprint density at radius 3 is 2.53 bits per heavy atom. The predicted molar refractivity (Wildman–Crippen MR) is 77.3 cm³/mol. The van der Waals surface area contributed by atoms with Gasteiger partial charge in [0.15, 0.2) is 0 Å². The van der Waals surface area contributed by atoms with Crippen LogP contribution in [0.3, 0.4) is 0 Å². The molecule has 0 saturated heterocycles. The van der Waals surface area contributed by atoms with Crippen LogP contribution in [0.25, 0.3) is 0 Å². The highest BCUT2D eigenvalue weighted by Gasteiger charge is 2.19. The van der Waals surface area contributed by atoms with Crippen LogP contribution >= 0.6 is 0 Å². The molecule has 1 aliphatic rings. The van der Waals surface area contributed by atoms with E-state index in [1.165, 1.54) is 51.5 Å². The van der Waals surface area contributed by atoms with Gasteiger partial charge in [-0.15, -0.1) is 0 Å². The normalized spacial score (nSPS) is 28.9. The van der Waals surface area contributed by atoms with Gasteiger partial charge in [0.2, 0.25) is 0 Å². The minimum atomic E-state index is 0.752. The van der Waals surface area contributed by atoms with Gasteiger partial charge in [0.25, 0.3) is 0 Å². The SMILES string of the molecule is CCC(C)CC(CC)NCC1CCCC(C)C1. The smallest absolute Gasteiger partial charge is 0.00670 e. The summed E-state index contributed by atoms with van der Waals surface area (Å²) in [5.41, 5.74) is 0. The van der Waals surface area contributed by atoms with Crippen LogP contribution in [0, 0.1) is 17.8 Å². The second-order valence-corrected chi connectivity index (χ2v) is 6.40. The second-order valence-electron chi connectivity index (χ2n) is 6.40. The topological polar surface area (TPSA) is 12.0 Å². The molecule has 0 aromatic rings. The van der Waals surface area contributed by atoms with Crippen LogP contribution in [0.1, 0.15) is 72.6 Å². The zero-order valence-corrected chi connectivity index (χ0v) is 12.5. The van der Waals surface area contributed by atoms with Crippen molar-refractivity contribution in [2.45, 2.75) is 78.7 Å². The molecule has 1 heteroatoms. The van der Waals surface area contributed by atoms with Gasteiger partial charge >= 0.3 is 0 Å². The molecule has 0 radical (unpaired) electrons. The van der Waals surface area contributed by atoms with Crippen molar-refractivity contribution in [1.29, 1.82) is 0 Å². The fourth-order valence-corrected chi connectivity index (χ4v) is 3.13. The highest BCUT2D eigenvalue weighted by atomic mass is 14.9. The number of hydrogen-bond donors (Lipinski definition) is 1. The molecule has 4 atom stereocenters. The van der Waals surface area contributed by atoms with Gasteiger partial charge < -0.3 is 5.32 Å². The largest absolute Gasteiger partial charge is 0.314 e. The van der Waals surface area contributed by atoms with Crippen LogP contribution in [0.15, 0.2) is 0 Å². The maximum absolute atomic E-state index is 3.82. The maximum Gasteiger partial charge on any atom is 0.00670 e. The zero-order valence-electron chi connectivity index (χ0n) is 12.5. The third-order valence-corrected chi connectivity index (χ3v) is 4.62. The average molecular weight is 239 g/mol. The van der Waals surface area contributed by atoms with E-state index in [4.69, 9.17) is 0 Å². The summed E-state index contributed by atoms with van der Waals surface area (Å²) in [6, 6.07) is 0.752. The Balaban J connectivity index is 2.22. The van der Waals surface area contributed by atoms with Gasteiger partial charge in [-0.3, -0.25) is 0 Å². The maximum atomic E-state index is 3.82. The molecule has 1 saturated carbocycles. The first kappa shape index (κ1) is 15.0. The van der Waals surface area contributed by atoms with Gasteiger partial charge in [-0.25, -0.2) is 0 Å². The van der Waals surface area contributed by atoms with Crippen LogP contribution in [0.5, 0.6) is 0 Å². The monoisotopic (exact) mass is 239 g/mol. The Kier molecular flexibility index (Phi) is 7.18. The van der Waals surface area contributed by atoms with E-state index in [2.05, 4.69) is 33.0 Å². The lowest BCUT2D eigenvalue weighted by molar-refractivity contribution is 0.258. The first-order valence-electron chi connectivity index (χ1n) is 7.89. The van der Waals surface area contributed by atoms with E-state index in [9.17, 15) is 0 Å². The summed E-state index contributed by atoms with van der Waals surface area (Å²) in [4.78, 5) is 0. The fraction of sp³-hybridized carbons (Fsp3) is 1.00. The molecular formula is C16H33N. The average Bonchev–Trinajstić information content (AvgIpc) is 2.34. The third-order valence-electron chi connectivity index (χ3n) is 4.62. The Hall–Kier alpha value is -0.0400. The molecule has 1 fully saturated rings. The van der Waals surface area contributed by atoms with E-state index in [0.29, 0.717) is 0 Å². The van der Waals surface area contributed by atoms with Crippen LogP contribution in [-0.2, 0) is 0 Å². The van der Waals surface area contributed by atoms with Crippen molar-refractivity contribution in [3.05, 3.63) is 0 Å². The minimum Gasteiger partial charge on any atom is -0.314 e. The van der Waals surface area contributed by atoms with Crippen LogP contribution in [-0.4, -0.2) is 12.6 Å². The van der Waals surface area contributed by atoms with E-state index in [0.717, 1.165) is 23.8 Å². The minimum absolute atomic E-state index is 0.752. The summed E-state index contributed by atoms with van der Waals surface area (Å²) >= 11 is 0. The molecule has 0 heterocycles. The summed E-state index contributed by atoms with van der Waals surface area (Å²) in [6.45, 7) is 10.7. The van der Waals surface area contributed by atoms with Gasteiger partial charge in [-0.2, -0.15) is 0 Å². The molecule has 1 nitrogen and oxygen atoms in total. The van der Waals surface area contributed by atoms with Crippen LogP contribution in [0.4, 0.5) is 0 Å². The zero-order chi connectivity index (χ0) is 12.7. The van der Waals surface area contributed by atoms with E-state index in [1.807, 2.05) is 0 Å². The molecule has 0 spiro atoms. The Labute approximate surface area is 109 Å². The van der Waals surface area contributed by atoms with Crippen LogP contribution in [0.2, 0.25) is 0 Å². The Morgan fingerprint density at radius 1 is 1.18 bits per heavy atom. The molecule has 1 rings (SSSR count). The highest BCUT2D eigenvalue weighted by molar-refractivity contribution is 4.75. The second kappa shape index (κ2) is 8.13. The van der Waals surface area contributed by atoms with Crippen molar-refractivity contribution in [3.63, 3.8) is 0 Å². The quantitative estimate of drug-likeness (QED) is 0.683. The molecule has 0 bridgehead atoms. The molecule has 1 N–H and O–H groups in total. The third kappa shape index (κ3) is 5.90. The molecule has 0 aliphatic heterocycles. The standard InChI is InChI=1S/C16H33N/c1-5-13(3)11-16(6-2)17-12-15-9-7-8-14(4)10-15/h13-17H,5-12H2,1-4H3. The number of hydrogen-bond acceptors (Lipinski definition) is 1. The van der Waals surface area contributed by atoms with Crippen LogP contribution < -0.4 is 5.32 Å². The van der Waals surface area contributed by atoms with Crippen molar-refractivity contribution >= 4 is 0 Å². The Morgan fingerprint density at radius 2 is 1.94 bits per heavy atom. The number of nitrogens with one attached hydrogen (secondary N) is 1. The molecule has 1 aliphatic carbocycles. The van der Waals surface area contributed by atoms with Gasteiger partial charge in [-0.1, -0.05) is 47.0 Å². The van der Waals surface area contributed by atoms with Crippen molar-refractivity contribution in [1.82, 2.24) is 5.32 Å². The molecule has 0 amide bonds. The molecule has 4 unspecified atom stereocenters. The van der Waals surface area contributed by atoms with Gasteiger partial charge in [0.05, 0.1) is 0 Å².